The van der Waals surface area contributed by atoms with Crippen LogP contribution in [0.5, 0.6) is 0 Å². The van der Waals surface area contributed by atoms with Crippen LogP contribution < -0.4 is 5.32 Å². The van der Waals surface area contributed by atoms with E-state index >= 15 is 0 Å². The molecule has 3 unspecified atom stereocenters. The summed E-state index contributed by atoms with van der Waals surface area (Å²) in [4.78, 5) is 12.2. The minimum absolute atomic E-state index is 0.0630. The van der Waals surface area contributed by atoms with Crippen LogP contribution in [-0.4, -0.2) is 17.1 Å². The second-order valence-corrected chi connectivity index (χ2v) is 6.29. The van der Waals surface area contributed by atoms with Gasteiger partial charge in [0.05, 0.1) is 6.10 Å². The maximum absolute atomic E-state index is 13.3. The normalized spacial score (nSPS) is 14.7. The van der Waals surface area contributed by atoms with Gasteiger partial charge in [-0.15, -0.1) is 0 Å². The fourth-order valence-electron chi connectivity index (χ4n) is 2.75. The van der Waals surface area contributed by atoms with Crippen LogP contribution in [0.2, 0.25) is 0 Å². The largest absolute Gasteiger partial charge is 0.388 e. The molecule has 4 heteroatoms. The molecule has 2 aromatic carbocycles. The highest BCUT2D eigenvalue weighted by molar-refractivity contribution is 5.77. The summed E-state index contributed by atoms with van der Waals surface area (Å²) in [5.41, 5.74) is 1.65. The van der Waals surface area contributed by atoms with Crippen LogP contribution in [0.15, 0.2) is 54.6 Å². The Hall–Kier alpha value is -2.20. The first-order valence-corrected chi connectivity index (χ1v) is 8.23. The number of amides is 1. The lowest BCUT2D eigenvalue weighted by Gasteiger charge is -2.19. The number of halogens is 1. The molecule has 0 saturated heterocycles. The van der Waals surface area contributed by atoms with E-state index < -0.39 is 6.10 Å². The van der Waals surface area contributed by atoms with E-state index in [9.17, 15) is 14.3 Å². The Labute approximate surface area is 142 Å². The third-order valence-corrected chi connectivity index (χ3v) is 4.08. The molecule has 2 aromatic rings. The van der Waals surface area contributed by atoms with E-state index in [1.165, 1.54) is 12.1 Å². The zero-order chi connectivity index (χ0) is 17.5. The van der Waals surface area contributed by atoms with Gasteiger partial charge in [0.15, 0.2) is 0 Å². The molecular weight excluding hydrogens is 305 g/mol. The molecule has 0 heterocycles. The van der Waals surface area contributed by atoms with E-state index in [-0.39, 0.29) is 30.1 Å². The maximum Gasteiger partial charge on any atom is 0.220 e. The molecule has 24 heavy (non-hydrogen) atoms. The number of rotatable bonds is 7. The van der Waals surface area contributed by atoms with Gasteiger partial charge in [0, 0.05) is 12.5 Å². The highest BCUT2D eigenvalue weighted by Crippen LogP contribution is 2.21. The molecule has 0 radical (unpaired) electrons. The first-order chi connectivity index (χ1) is 11.5. The molecular formula is C20H24FNO2. The molecule has 128 valence electrons. The lowest BCUT2D eigenvalue weighted by molar-refractivity contribution is -0.122. The van der Waals surface area contributed by atoms with Crippen molar-refractivity contribution in [3.05, 3.63) is 71.5 Å². The molecule has 2 rings (SSSR count). The van der Waals surface area contributed by atoms with Crippen molar-refractivity contribution in [2.24, 2.45) is 0 Å². The van der Waals surface area contributed by atoms with Crippen molar-refractivity contribution in [3.63, 3.8) is 0 Å². The lowest BCUT2D eigenvalue weighted by atomic mass is 9.97. The van der Waals surface area contributed by atoms with Gasteiger partial charge < -0.3 is 10.4 Å². The van der Waals surface area contributed by atoms with Gasteiger partial charge in [0.1, 0.15) is 5.82 Å². The molecule has 1 amide bonds. The average molecular weight is 329 g/mol. The van der Waals surface area contributed by atoms with E-state index in [2.05, 4.69) is 5.32 Å². The summed E-state index contributed by atoms with van der Waals surface area (Å²) in [6, 6.07) is 15.6. The van der Waals surface area contributed by atoms with Gasteiger partial charge in [-0.2, -0.15) is 0 Å². The van der Waals surface area contributed by atoms with Crippen molar-refractivity contribution in [2.75, 3.05) is 0 Å². The molecule has 0 aliphatic heterocycles. The molecule has 0 fully saturated rings. The minimum atomic E-state index is -0.609. The summed E-state index contributed by atoms with van der Waals surface area (Å²) in [6.45, 7) is 3.77. The molecule has 0 aromatic heterocycles. The van der Waals surface area contributed by atoms with Gasteiger partial charge in [0.2, 0.25) is 5.91 Å². The Kier molecular flexibility index (Phi) is 6.50. The Bertz CT molecular complexity index is 660. The first kappa shape index (κ1) is 18.1. The van der Waals surface area contributed by atoms with Crippen molar-refractivity contribution in [2.45, 2.75) is 44.8 Å². The standard InChI is InChI=1S/C20H24FNO2/c1-14(17-9-6-10-18(21)13-17)11-20(24)22-15(2)12-19(23)16-7-4-3-5-8-16/h3-10,13-15,19,23H,11-12H2,1-2H3,(H,22,24). The smallest absolute Gasteiger partial charge is 0.220 e. The summed E-state index contributed by atoms with van der Waals surface area (Å²) >= 11 is 0. The third-order valence-electron chi connectivity index (χ3n) is 4.08. The molecule has 0 saturated carbocycles. The van der Waals surface area contributed by atoms with E-state index in [1.807, 2.05) is 50.2 Å². The molecule has 0 bridgehead atoms. The maximum atomic E-state index is 13.3. The zero-order valence-corrected chi connectivity index (χ0v) is 14.1. The van der Waals surface area contributed by atoms with Crippen LogP contribution in [0, 0.1) is 5.82 Å². The van der Waals surface area contributed by atoms with E-state index in [0.717, 1.165) is 11.1 Å². The number of hydrogen-bond acceptors (Lipinski definition) is 2. The fraction of sp³-hybridized carbons (Fsp3) is 0.350. The fourth-order valence-corrected chi connectivity index (χ4v) is 2.75. The van der Waals surface area contributed by atoms with E-state index in [1.54, 1.807) is 6.07 Å². The average Bonchev–Trinajstić information content (AvgIpc) is 2.55. The Morgan fingerprint density at radius 2 is 1.75 bits per heavy atom. The predicted molar refractivity (Wildman–Crippen MR) is 93.1 cm³/mol. The van der Waals surface area contributed by atoms with Crippen LogP contribution in [0.3, 0.4) is 0 Å². The van der Waals surface area contributed by atoms with Crippen LogP contribution in [0.1, 0.15) is 49.8 Å². The van der Waals surface area contributed by atoms with Crippen molar-refractivity contribution in [3.8, 4) is 0 Å². The summed E-state index contributed by atoms with van der Waals surface area (Å²) in [5, 5.41) is 13.1. The van der Waals surface area contributed by atoms with Gasteiger partial charge in [-0.3, -0.25) is 4.79 Å². The Balaban J connectivity index is 1.83. The molecule has 0 aliphatic rings. The first-order valence-electron chi connectivity index (χ1n) is 8.23. The van der Waals surface area contributed by atoms with Gasteiger partial charge in [-0.05, 0) is 42.5 Å². The van der Waals surface area contributed by atoms with E-state index in [4.69, 9.17) is 0 Å². The highest BCUT2D eigenvalue weighted by Gasteiger charge is 2.16. The lowest BCUT2D eigenvalue weighted by Crippen LogP contribution is -2.34. The number of carbonyl (C=O) groups is 1. The number of aliphatic hydroxyl groups excluding tert-OH is 1. The number of carbonyl (C=O) groups excluding carboxylic acids is 1. The van der Waals surface area contributed by atoms with Crippen LogP contribution in [0.4, 0.5) is 4.39 Å². The molecule has 2 N–H and O–H groups in total. The van der Waals surface area contributed by atoms with Crippen molar-refractivity contribution < 1.29 is 14.3 Å². The second kappa shape index (κ2) is 8.60. The zero-order valence-electron chi connectivity index (χ0n) is 14.1. The SMILES string of the molecule is CC(CC(O)c1ccccc1)NC(=O)CC(C)c1cccc(F)c1. The molecule has 3 atom stereocenters. The van der Waals surface area contributed by atoms with Gasteiger partial charge >= 0.3 is 0 Å². The third kappa shape index (κ3) is 5.46. The Morgan fingerprint density at radius 1 is 1.08 bits per heavy atom. The summed E-state index contributed by atoms with van der Waals surface area (Å²) in [7, 11) is 0. The summed E-state index contributed by atoms with van der Waals surface area (Å²) in [5.74, 6) is -0.453. The molecule has 0 aliphatic carbocycles. The highest BCUT2D eigenvalue weighted by atomic mass is 19.1. The van der Waals surface area contributed by atoms with Crippen molar-refractivity contribution >= 4 is 5.91 Å². The molecule has 3 nitrogen and oxygen atoms in total. The van der Waals surface area contributed by atoms with Crippen molar-refractivity contribution in [1.29, 1.82) is 0 Å². The Morgan fingerprint density at radius 3 is 2.42 bits per heavy atom. The number of benzene rings is 2. The van der Waals surface area contributed by atoms with Gasteiger partial charge in [0.25, 0.3) is 0 Å². The predicted octanol–water partition coefficient (Wildman–Crippen LogP) is 3.95. The summed E-state index contributed by atoms with van der Waals surface area (Å²) in [6.07, 6.45) is 0.126. The molecule has 0 spiro atoms. The van der Waals surface area contributed by atoms with Crippen molar-refractivity contribution in [1.82, 2.24) is 5.32 Å². The van der Waals surface area contributed by atoms with Gasteiger partial charge in [-0.1, -0.05) is 49.4 Å². The quantitative estimate of drug-likeness (QED) is 0.808. The minimum Gasteiger partial charge on any atom is -0.388 e. The summed E-state index contributed by atoms with van der Waals surface area (Å²) < 4.78 is 13.3. The second-order valence-electron chi connectivity index (χ2n) is 6.29. The van der Waals surface area contributed by atoms with Crippen LogP contribution in [0.25, 0.3) is 0 Å². The van der Waals surface area contributed by atoms with E-state index in [0.29, 0.717) is 6.42 Å². The topological polar surface area (TPSA) is 49.3 Å². The number of nitrogens with one attached hydrogen (secondary N) is 1. The number of aliphatic hydroxyl groups is 1. The van der Waals surface area contributed by atoms with Crippen LogP contribution >= 0.6 is 0 Å². The monoisotopic (exact) mass is 329 g/mol. The van der Waals surface area contributed by atoms with Crippen LogP contribution in [-0.2, 0) is 4.79 Å². The van der Waals surface area contributed by atoms with Gasteiger partial charge in [-0.25, -0.2) is 4.39 Å². The number of hydrogen-bond donors (Lipinski definition) is 2.